The lowest BCUT2D eigenvalue weighted by Crippen LogP contribution is -2.11. The van der Waals surface area contributed by atoms with Crippen molar-refractivity contribution in [1.82, 2.24) is 4.98 Å². The van der Waals surface area contributed by atoms with Crippen molar-refractivity contribution in [3.8, 4) is 0 Å². The van der Waals surface area contributed by atoms with Gasteiger partial charge >= 0.3 is 0 Å². The van der Waals surface area contributed by atoms with Gasteiger partial charge in [-0.2, -0.15) is 0 Å². The summed E-state index contributed by atoms with van der Waals surface area (Å²) < 4.78 is 5.73. The average Bonchev–Trinajstić information content (AvgIpc) is 3.29. The molecule has 0 spiro atoms. The number of anilines is 1. The standard InChI is InChI=1S/C20H26N2O2S/c1-13(2)9-18-21-14(3)19(25-18)20(23)22-17-6-4-5-16(10-17)12-24-11-15-7-8-15/h4-6,10,13,15H,7-9,11-12H2,1-3H3,(H,22,23). The van der Waals surface area contributed by atoms with Crippen molar-refractivity contribution >= 4 is 22.9 Å². The predicted molar refractivity (Wildman–Crippen MR) is 102 cm³/mol. The fourth-order valence-corrected chi connectivity index (χ4v) is 3.83. The van der Waals surface area contributed by atoms with Gasteiger partial charge in [0.15, 0.2) is 0 Å². The van der Waals surface area contributed by atoms with E-state index in [-0.39, 0.29) is 5.91 Å². The van der Waals surface area contributed by atoms with Crippen LogP contribution in [0.4, 0.5) is 5.69 Å². The number of rotatable bonds is 8. The number of hydrogen-bond acceptors (Lipinski definition) is 4. The summed E-state index contributed by atoms with van der Waals surface area (Å²) in [7, 11) is 0. The number of aryl methyl sites for hydroxylation is 1. The topological polar surface area (TPSA) is 51.2 Å². The quantitative estimate of drug-likeness (QED) is 0.735. The molecule has 4 nitrogen and oxygen atoms in total. The maximum atomic E-state index is 12.6. The lowest BCUT2D eigenvalue weighted by molar-refractivity contribution is 0.102. The van der Waals surface area contributed by atoms with Gasteiger partial charge in [0.1, 0.15) is 4.88 Å². The maximum Gasteiger partial charge on any atom is 0.267 e. The molecule has 0 radical (unpaired) electrons. The van der Waals surface area contributed by atoms with E-state index in [1.807, 2.05) is 31.2 Å². The average molecular weight is 359 g/mol. The van der Waals surface area contributed by atoms with Crippen LogP contribution in [0.15, 0.2) is 24.3 Å². The van der Waals surface area contributed by atoms with E-state index in [1.165, 1.54) is 24.2 Å². The smallest absolute Gasteiger partial charge is 0.267 e. The largest absolute Gasteiger partial charge is 0.376 e. The first-order valence-electron chi connectivity index (χ1n) is 8.95. The molecule has 2 aromatic rings. The molecule has 1 N–H and O–H groups in total. The second kappa shape index (κ2) is 8.11. The fourth-order valence-electron chi connectivity index (χ4n) is 2.65. The molecule has 1 fully saturated rings. The number of ether oxygens (including phenoxy) is 1. The van der Waals surface area contributed by atoms with Gasteiger partial charge in [-0.3, -0.25) is 4.79 Å². The number of carbonyl (C=O) groups is 1. The zero-order chi connectivity index (χ0) is 17.8. The molecule has 0 saturated heterocycles. The zero-order valence-electron chi connectivity index (χ0n) is 15.2. The van der Waals surface area contributed by atoms with Gasteiger partial charge in [-0.15, -0.1) is 11.3 Å². The number of carbonyl (C=O) groups excluding carboxylic acids is 1. The molecular weight excluding hydrogens is 332 g/mol. The van der Waals surface area contributed by atoms with Crippen LogP contribution in [0.25, 0.3) is 0 Å². The first-order valence-corrected chi connectivity index (χ1v) is 9.77. The SMILES string of the molecule is Cc1nc(CC(C)C)sc1C(=O)Nc1cccc(COCC2CC2)c1. The van der Waals surface area contributed by atoms with Crippen molar-refractivity contribution in [3.05, 3.63) is 45.4 Å². The van der Waals surface area contributed by atoms with Crippen LogP contribution in [-0.2, 0) is 17.8 Å². The number of amides is 1. The maximum absolute atomic E-state index is 12.6. The van der Waals surface area contributed by atoms with E-state index in [4.69, 9.17) is 4.74 Å². The minimum Gasteiger partial charge on any atom is -0.376 e. The van der Waals surface area contributed by atoms with Crippen LogP contribution >= 0.6 is 11.3 Å². The van der Waals surface area contributed by atoms with Crippen molar-refractivity contribution in [2.24, 2.45) is 11.8 Å². The normalized spacial score (nSPS) is 14.1. The van der Waals surface area contributed by atoms with E-state index >= 15 is 0 Å². The van der Waals surface area contributed by atoms with Gasteiger partial charge in [0.25, 0.3) is 5.91 Å². The Morgan fingerprint density at radius 2 is 2.20 bits per heavy atom. The lowest BCUT2D eigenvalue weighted by Gasteiger charge is -2.08. The van der Waals surface area contributed by atoms with Crippen LogP contribution in [0.1, 0.15) is 52.6 Å². The lowest BCUT2D eigenvalue weighted by atomic mass is 10.1. The highest BCUT2D eigenvalue weighted by molar-refractivity contribution is 7.13. The van der Waals surface area contributed by atoms with E-state index < -0.39 is 0 Å². The van der Waals surface area contributed by atoms with E-state index in [9.17, 15) is 4.79 Å². The van der Waals surface area contributed by atoms with E-state index in [2.05, 4.69) is 24.1 Å². The summed E-state index contributed by atoms with van der Waals surface area (Å²) in [6.45, 7) is 7.66. The molecule has 134 valence electrons. The van der Waals surface area contributed by atoms with E-state index in [0.29, 0.717) is 17.4 Å². The third-order valence-electron chi connectivity index (χ3n) is 4.13. The van der Waals surface area contributed by atoms with Gasteiger partial charge < -0.3 is 10.1 Å². The van der Waals surface area contributed by atoms with Crippen LogP contribution < -0.4 is 5.32 Å². The van der Waals surface area contributed by atoms with E-state index in [0.717, 1.165) is 40.9 Å². The first kappa shape index (κ1) is 18.1. The van der Waals surface area contributed by atoms with Crippen LogP contribution in [0, 0.1) is 18.8 Å². The zero-order valence-corrected chi connectivity index (χ0v) is 16.0. The number of benzene rings is 1. The molecule has 1 aliphatic rings. The molecule has 0 unspecified atom stereocenters. The molecule has 5 heteroatoms. The molecule has 1 heterocycles. The molecule has 1 saturated carbocycles. The first-order chi connectivity index (χ1) is 12.0. The number of nitrogens with one attached hydrogen (secondary N) is 1. The number of hydrogen-bond donors (Lipinski definition) is 1. The molecule has 1 aliphatic carbocycles. The third kappa shape index (κ3) is 5.38. The predicted octanol–water partition coefficient (Wildman–Crippen LogP) is 4.83. The summed E-state index contributed by atoms with van der Waals surface area (Å²) in [6.07, 6.45) is 3.50. The minimum atomic E-state index is -0.0824. The fraction of sp³-hybridized carbons (Fsp3) is 0.500. The molecule has 25 heavy (non-hydrogen) atoms. The molecule has 0 aliphatic heterocycles. The Morgan fingerprint density at radius 3 is 2.92 bits per heavy atom. The summed E-state index contributed by atoms with van der Waals surface area (Å²) in [5.74, 6) is 1.21. The van der Waals surface area contributed by atoms with Crippen molar-refractivity contribution < 1.29 is 9.53 Å². The number of aromatic nitrogens is 1. The van der Waals surface area contributed by atoms with Crippen LogP contribution in [0.5, 0.6) is 0 Å². The van der Waals surface area contributed by atoms with Crippen molar-refractivity contribution in [3.63, 3.8) is 0 Å². The molecule has 3 rings (SSSR count). The molecular formula is C20H26N2O2S. The minimum absolute atomic E-state index is 0.0824. The van der Waals surface area contributed by atoms with Crippen LogP contribution in [0.3, 0.4) is 0 Å². The Hall–Kier alpha value is -1.72. The van der Waals surface area contributed by atoms with Crippen LogP contribution in [0.2, 0.25) is 0 Å². The van der Waals surface area contributed by atoms with Gasteiger partial charge in [-0.25, -0.2) is 4.98 Å². The number of thiazole rings is 1. The monoisotopic (exact) mass is 358 g/mol. The Kier molecular flexibility index (Phi) is 5.86. The summed E-state index contributed by atoms with van der Waals surface area (Å²) >= 11 is 1.50. The highest BCUT2D eigenvalue weighted by Gasteiger charge is 2.21. The summed E-state index contributed by atoms with van der Waals surface area (Å²) in [5, 5.41) is 4.02. The second-order valence-corrected chi connectivity index (χ2v) is 8.32. The van der Waals surface area contributed by atoms with Crippen molar-refractivity contribution in [2.75, 3.05) is 11.9 Å². The number of nitrogens with zero attached hydrogens (tertiary/aromatic N) is 1. The summed E-state index contributed by atoms with van der Waals surface area (Å²) in [6, 6.07) is 7.88. The molecule has 0 bridgehead atoms. The van der Waals surface area contributed by atoms with E-state index in [1.54, 1.807) is 0 Å². The summed E-state index contributed by atoms with van der Waals surface area (Å²) in [4.78, 5) is 17.8. The summed E-state index contributed by atoms with van der Waals surface area (Å²) in [5.41, 5.74) is 2.69. The van der Waals surface area contributed by atoms with Gasteiger partial charge in [-0.1, -0.05) is 26.0 Å². The Labute approximate surface area is 153 Å². The Bertz CT molecular complexity index is 735. The highest BCUT2D eigenvalue weighted by atomic mass is 32.1. The molecule has 1 amide bonds. The van der Waals surface area contributed by atoms with Crippen molar-refractivity contribution in [2.45, 2.75) is 46.6 Å². The highest BCUT2D eigenvalue weighted by Crippen LogP contribution is 2.29. The van der Waals surface area contributed by atoms with Gasteiger partial charge in [0.05, 0.1) is 17.3 Å². The Morgan fingerprint density at radius 1 is 1.40 bits per heavy atom. The van der Waals surface area contributed by atoms with Crippen LogP contribution in [-0.4, -0.2) is 17.5 Å². The molecule has 0 atom stereocenters. The Balaban J connectivity index is 1.61. The molecule has 1 aromatic heterocycles. The van der Waals surface area contributed by atoms with Gasteiger partial charge in [0, 0.05) is 18.7 Å². The second-order valence-electron chi connectivity index (χ2n) is 7.23. The van der Waals surface area contributed by atoms with Crippen molar-refractivity contribution in [1.29, 1.82) is 0 Å². The van der Waals surface area contributed by atoms with Gasteiger partial charge in [0.2, 0.25) is 0 Å². The van der Waals surface area contributed by atoms with Gasteiger partial charge in [-0.05, 0) is 49.3 Å². The molecule has 1 aromatic carbocycles. The third-order valence-corrected chi connectivity index (χ3v) is 5.31.